The number of aliphatic imine (C=N–C) groups is 1. The first-order chi connectivity index (χ1) is 17.3. The second-order valence-electron chi connectivity index (χ2n) is 7.69. The van der Waals surface area contributed by atoms with Gasteiger partial charge in [0.15, 0.2) is 17.2 Å². The molecular weight excluding hydrogens is 535 g/mol. The molecule has 0 unspecified atom stereocenters. The Kier molecular flexibility index (Phi) is 7.44. The van der Waals surface area contributed by atoms with Crippen LogP contribution in [-0.2, 0) is 16.1 Å². The van der Waals surface area contributed by atoms with Crippen LogP contribution in [0.2, 0.25) is 0 Å². The van der Waals surface area contributed by atoms with Crippen LogP contribution < -0.4 is 9.47 Å². The number of ether oxygens (including phenoxy) is 3. The SMILES string of the molecule is CCOc1cc(/C=C2\N=C(c3cccc([N+](=O)[O-])c3C)OC2=O)cc(Br)c1OCc1ccccc1F. The van der Waals surface area contributed by atoms with Crippen molar-refractivity contribution in [2.24, 2.45) is 4.99 Å². The van der Waals surface area contributed by atoms with Crippen molar-refractivity contribution in [3.8, 4) is 11.5 Å². The van der Waals surface area contributed by atoms with E-state index in [4.69, 9.17) is 14.2 Å². The fourth-order valence-electron chi connectivity index (χ4n) is 3.57. The zero-order valence-corrected chi connectivity index (χ0v) is 20.9. The molecule has 0 aliphatic carbocycles. The lowest BCUT2D eigenvalue weighted by atomic mass is 10.1. The molecule has 0 saturated heterocycles. The number of rotatable bonds is 8. The van der Waals surface area contributed by atoms with Crippen molar-refractivity contribution in [3.63, 3.8) is 0 Å². The van der Waals surface area contributed by atoms with Gasteiger partial charge in [0, 0.05) is 22.8 Å². The highest BCUT2D eigenvalue weighted by atomic mass is 79.9. The number of halogens is 2. The predicted octanol–water partition coefficient (Wildman–Crippen LogP) is 6.13. The van der Waals surface area contributed by atoms with E-state index in [9.17, 15) is 19.3 Å². The number of hydrogen-bond donors (Lipinski definition) is 0. The summed E-state index contributed by atoms with van der Waals surface area (Å²) >= 11 is 3.46. The number of cyclic esters (lactones) is 1. The minimum absolute atomic E-state index is 0.00563. The molecule has 8 nitrogen and oxygen atoms in total. The van der Waals surface area contributed by atoms with Gasteiger partial charge in [-0.05, 0) is 65.7 Å². The van der Waals surface area contributed by atoms with Crippen LogP contribution in [0.1, 0.15) is 29.2 Å². The third kappa shape index (κ3) is 5.28. The Hall–Kier alpha value is -4.05. The molecule has 0 aromatic heterocycles. The summed E-state index contributed by atoms with van der Waals surface area (Å²) < 4.78 is 31.4. The van der Waals surface area contributed by atoms with Crippen LogP contribution in [0.3, 0.4) is 0 Å². The third-order valence-electron chi connectivity index (χ3n) is 5.32. The molecule has 0 saturated carbocycles. The Morgan fingerprint density at radius 3 is 2.67 bits per heavy atom. The quantitative estimate of drug-likeness (QED) is 0.144. The molecule has 0 N–H and O–H groups in total. The monoisotopic (exact) mass is 554 g/mol. The van der Waals surface area contributed by atoms with Crippen molar-refractivity contribution >= 4 is 39.6 Å². The first-order valence-corrected chi connectivity index (χ1v) is 11.7. The second kappa shape index (κ2) is 10.7. The third-order valence-corrected chi connectivity index (χ3v) is 5.91. The molecule has 1 aliphatic heterocycles. The second-order valence-corrected chi connectivity index (χ2v) is 8.54. The van der Waals surface area contributed by atoms with Crippen molar-refractivity contribution in [2.45, 2.75) is 20.5 Å². The number of carbonyl (C=O) groups is 1. The lowest BCUT2D eigenvalue weighted by Crippen LogP contribution is -2.08. The molecule has 4 rings (SSSR count). The van der Waals surface area contributed by atoms with Gasteiger partial charge in [0.2, 0.25) is 5.90 Å². The molecule has 184 valence electrons. The average Bonchev–Trinajstić information content (AvgIpc) is 3.19. The summed E-state index contributed by atoms with van der Waals surface area (Å²) in [5.41, 5.74) is 1.58. The van der Waals surface area contributed by atoms with E-state index in [0.717, 1.165) is 0 Å². The summed E-state index contributed by atoms with van der Waals surface area (Å²) in [7, 11) is 0. The smallest absolute Gasteiger partial charge is 0.363 e. The summed E-state index contributed by atoms with van der Waals surface area (Å²) in [5.74, 6) is -0.306. The van der Waals surface area contributed by atoms with E-state index in [2.05, 4.69) is 20.9 Å². The van der Waals surface area contributed by atoms with Crippen molar-refractivity contribution < 1.29 is 28.3 Å². The van der Waals surface area contributed by atoms with Gasteiger partial charge >= 0.3 is 5.97 Å². The molecule has 3 aromatic rings. The predicted molar refractivity (Wildman–Crippen MR) is 134 cm³/mol. The van der Waals surface area contributed by atoms with E-state index in [1.807, 2.05) is 6.92 Å². The van der Waals surface area contributed by atoms with E-state index in [1.165, 1.54) is 24.3 Å². The van der Waals surface area contributed by atoms with E-state index in [0.29, 0.717) is 44.8 Å². The van der Waals surface area contributed by atoms with Gasteiger partial charge in [-0.2, -0.15) is 0 Å². The minimum Gasteiger partial charge on any atom is -0.490 e. The number of esters is 1. The largest absolute Gasteiger partial charge is 0.490 e. The van der Waals surface area contributed by atoms with Gasteiger partial charge in [0.1, 0.15) is 12.4 Å². The van der Waals surface area contributed by atoms with Crippen LogP contribution in [0.4, 0.5) is 10.1 Å². The number of carbonyl (C=O) groups excluding carboxylic acids is 1. The first kappa shape index (κ1) is 25.1. The van der Waals surface area contributed by atoms with Gasteiger partial charge in [0.05, 0.1) is 16.0 Å². The lowest BCUT2D eigenvalue weighted by Gasteiger charge is -2.15. The Morgan fingerprint density at radius 2 is 1.94 bits per heavy atom. The maximum Gasteiger partial charge on any atom is 0.363 e. The molecule has 0 bridgehead atoms. The van der Waals surface area contributed by atoms with Crippen LogP contribution in [0.25, 0.3) is 6.08 Å². The summed E-state index contributed by atoms with van der Waals surface area (Å²) in [6.07, 6.45) is 1.51. The van der Waals surface area contributed by atoms with Crippen LogP contribution in [0.5, 0.6) is 11.5 Å². The molecule has 0 amide bonds. The van der Waals surface area contributed by atoms with Crippen molar-refractivity contribution in [1.29, 1.82) is 0 Å². The Bertz CT molecular complexity index is 1420. The van der Waals surface area contributed by atoms with E-state index < -0.39 is 10.9 Å². The molecule has 0 radical (unpaired) electrons. The zero-order chi connectivity index (χ0) is 25.8. The van der Waals surface area contributed by atoms with Gasteiger partial charge in [-0.1, -0.05) is 24.3 Å². The van der Waals surface area contributed by atoms with Crippen molar-refractivity contribution in [3.05, 3.63) is 103 Å². The lowest BCUT2D eigenvalue weighted by molar-refractivity contribution is -0.385. The Morgan fingerprint density at radius 1 is 1.17 bits per heavy atom. The van der Waals surface area contributed by atoms with Crippen LogP contribution in [0.15, 0.2) is 69.8 Å². The van der Waals surface area contributed by atoms with Gasteiger partial charge in [-0.15, -0.1) is 0 Å². The topological polar surface area (TPSA) is 100 Å². The van der Waals surface area contributed by atoms with Gasteiger partial charge in [-0.25, -0.2) is 14.2 Å². The Balaban J connectivity index is 1.65. The summed E-state index contributed by atoms with van der Waals surface area (Å²) in [6, 6.07) is 14.2. The summed E-state index contributed by atoms with van der Waals surface area (Å²) in [6.45, 7) is 3.72. The summed E-state index contributed by atoms with van der Waals surface area (Å²) in [5, 5.41) is 11.2. The number of nitrogens with zero attached hydrogens (tertiary/aromatic N) is 2. The molecule has 0 spiro atoms. The fourth-order valence-corrected chi connectivity index (χ4v) is 4.15. The van der Waals surface area contributed by atoms with Crippen LogP contribution >= 0.6 is 15.9 Å². The molecular formula is C26H20BrFN2O6. The minimum atomic E-state index is -0.690. The van der Waals surface area contributed by atoms with Crippen LogP contribution in [0, 0.1) is 22.9 Å². The van der Waals surface area contributed by atoms with Gasteiger partial charge in [0.25, 0.3) is 5.69 Å². The van der Waals surface area contributed by atoms with Crippen molar-refractivity contribution in [2.75, 3.05) is 6.61 Å². The fraction of sp³-hybridized carbons (Fsp3) is 0.154. The van der Waals surface area contributed by atoms with Crippen LogP contribution in [-0.4, -0.2) is 23.4 Å². The standard InChI is InChI=1S/C26H20BrFN2O6/c1-3-34-23-13-16(11-19(27)24(23)35-14-17-7-4-5-9-20(17)28)12-21-26(31)36-25(29-21)18-8-6-10-22(15(18)2)30(32)33/h4-13H,3,14H2,1-2H3/b21-12-. The normalized spacial score (nSPS) is 13.9. The maximum absolute atomic E-state index is 14.0. The number of nitro benzene ring substituents is 1. The number of hydrogen-bond acceptors (Lipinski definition) is 7. The summed E-state index contributed by atoms with van der Waals surface area (Å²) in [4.78, 5) is 27.5. The molecule has 36 heavy (non-hydrogen) atoms. The highest BCUT2D eigenvalue weighted by Gasteiger charge is 2.27. The highest BCUT2D eigenvalue weighted by Crippen LogP contribution is 2.38. The molecule has 10 heteroatoms. The van der Waals surface area contributed by atoms with Gasteiger partial charge < -0.3 is 14.2 Å². The number of benzene rings is 3. The highest BCUT2D eigenvalue weighted by molar-refractivity contribution is 9.10. The maximum atomic E-state index is 14.0. The molecule has 3 aromatic carbocycles. The van der Waals surface area contributed by atoms with E-state index in [-0.39, 0.29) is 29.7 Å². The van der Waals surface area contributed by atoms with E-state index >= 15 is 0 Å². The Labute approximate surface area is 214 Å². The molecule has 1 aliphatic rings. The molecule has 1 heterocycles. The first-order valence-electron chi connectivity index (χ1n) is 10.9. The molecule has 0 atom stereocenters. The average molecular weight is 555 g/mol. The van der Waals surface area contributed by atoms with Gasteiger partial charge in [-0.3, -0.25) is 10.1 Å². The van der Waals surface area contributed by atoms with E-state index in [1.54, 1.807) is 43.3 Å². The number of nitro groups is 1. The molecule has 0 fully saturated rings. The zero-order valence-electron chi connectivity index (χ0n) is 19.3. The van der Waals surface area contributed by atoms with Crippen molar-refractivity contribution in [1.82, 2.24) is 0 Å².